The second-order valence-corrected chi connectivity index (χ2v) is 2.21. The third-order valence-corrected chi connectivity index (χ3v) is 1.47. The van der Waals surface area contributed by atoms with E-state index in [1.54, 1.807) is 29.9 Å². The van der Waals surface area contributed by atoms with Gasteiger partial charge in [-0.1, -0.05) is 0 Å². The van der Waals surface area contributed by atoms with Gasteiger partial charge in [0.15, 0.2) is 0 Å². The van der Waals surface area contributed by atoms with Crippen LogP contribution in [-0.2, 0) is 7.05 Å². The van der Waals surface area contributed by atoms with Crippen molar-refractivity contribution in [2.24, 2.45) is 7.05 Å². The molecular weight excluding hydrogens is 133 g/mol. The molecule has 2 nitrogen and oxygen atoms in total. The first kappa shape index (κ1) is 7.28. The number of hydrogen-bond donors (Lipinski definition) is 1. The Labute approximate surface area is 58.9 Å². The van der Waals surface area contributed by atoms with Crippen molar-refractivity contribution < 1.29 is 9.50 Å². The van der Waals surface area contributed by atoms with Gasteiger partial charge in [0.05, 0.1) is 0 Å². The number of aliphatic hydroxyl groups is 1. The molecule has 0 aromatic carbocycles. The summed E-state index contributed by atoms with van der Waals surface area (Å²) in [5.74, 6) is 0. The number of alkyl halides is 1. The number of aliphatic hydroxyl groups excluding tert-OH is 1. The maximum Gasteiger partial charge on any atom is 0.122 e. The molecule has 0 fully saturated rings. The van der Waals surface area contributed by atoms with Gasteiger partial charge in [-0.25, -0.2) is 4.39 Å². The number of aromatic nitrogens is 1. The first-order valence-corrected chi connectivity index (χ1v) is 3.11. The average Bonchev–Trinajstić information content (AvgIpc) is 2.34. The summed E-state index contributed by atoms with van der Waals surface area (Å²) >= 11 is 0. The van der Waals surface area contributed by atoms with Crippen LogP contribution in [0, 0.1) is 0 Å². The molecule has 1 aromatic heterocycles. The van der Waals surface area contributed by atoms with Crippen molar-refractivity contribution in [1.82, 2.24) is 4.57 Å². The van der Waals surface area contributed by atoms with Gasteiger partial charge >= 0.3 is 0 Å². The molecule has 0 bridgehead atoms. The number of aryl methyl sites for hydroxylation is 1. The molecule has 1 N–H and O–H groups in total. The minimum Gasteiger partial charge on any atom is -0.384 e. The lowest BCUT2D eigenvalue weighted by Gasteiger charge is -2.06. The monoisotopic (exact) mass is 143 g/mol. The third-order valence-electron chi connectivity index (χ3n) is 1.47. The number of hydrogen-bond acceptors (Lipinski definition) is 1. The fourth-order valence-corrected chi connectivity index (χ4v) is 0.900. The quantitative estimate of drug-likeness (QED) is 0.657. The highest BCUT2D eigenvalue weighted by Crippen LogP contribution is 2.11. The largest absolute Gasteiger partial charge is 0.384 e. The molecule has 1 rings (SSSR count). The van der Waals surface area contributed by atoms with Crippen molar-refractivity contribution in [3.63, 3.8) is 0 Å². The Morgan fingerprint density at radius 3 is 2.90 bits per heavy atom. The van der Waals surface area contributed by atoms with Crippen molar-refractivity contribution in [3.05, 3.63) is 24.0 Å². The standard InChI is InChI=1S/C7H10FNO/c1-9-4-2-3-6(9)7(10)5-8/h2-4,7,10H,5H2,1H3. The van der Waals surface area contributed by atoms with Crippen molar-refractivity contribution >= 4 is 0 Å². The molecule has 10 heavy (non-hydrogen) atoms. The molecule has 1 atom stereocenters. The van der Waals surface area contributed by atoms with E-state index in [0.29, 0.717) is 5.69 Å². The lowest BCUT2D eigenvalue weighted by Crippen LogP contribution is -2.04. The third kappa shape index (κ3) is 1.19. The van der Waals surface area contributed by atoms with Gasteiger partial charge in [0.1, 0.15) is 12.8 Å². The molecule has 0 aliphatic heterocycles. The van der Waals surface area contributed by atoms with E-state index >= 15 is 0 Å². The highest BCUT2D eigenvalue weighted by Gasteiger charge is 2.08. The molecule has 1 aromatic rings. The Morgan fingerprint density at radius 2 is 2.50 bits per heavy atom. The summed E-state index contributed by atoms with van der Waals surface area (Å²) in [6.07, 6.45) is 0.800. The van der Waals surface area contributed by atoms with E-state index in [9.17, 15) is 4.39 Å². The molecule has 0 aliphatic rings. The van der Waals surface area contributed by atoms with Crippen LogP contribution in [0.4, 0.5) is 4.39 Å². The van der Waals surface area contributed by atoms with Gasteiger partial charge in [-0.2, -0.15) is 0 Å². The van der Waals surface area contributed by atoms with Gasteiger partial charge in [0.25, 0.3) is 0 Å². The van der Waals surface area contributed by atoms with Crippen LogP contribution in [0.25, 0.3) is 0 Å². The lowest BCUT2D eigenvalue weighted by atomic mass is 10.3. The first-order chi connectivity index (χ1) is 4.75. The van der Waals surface area contributed by atoms with Crippen LogP contribution in [0.5, 0.6) is 0 Å². The number of halogens is 1. The summed E-state index contributed by atoms with van der Waals surface area (Å²) in [4.78, 5) is 0. The smallest absolute Gasteiger partial charge is 0.122 e. The van der Waals surface area contributed by atoms with Gasteiger partial charge in [-0.15, -0.1) is 0 Å². The zero-order valence-electron chi connectivity index (χ0n) is 5.79. The van der Waals surface area contributed by atoms with E-state index in [0.717, 1.165) is 0 Å². The average molecular weight is 143 g/mol. The zero-order chi connectivity index (χ0) is 7.56. The summed E-state index contributed by atoms with van der Waals surface area (Å²) in [7, 11) is 1.77. The maximum absolute atomic E-state index is 11.9. The molecule has 3 heteroatoms. The van der Waals surface area contributed by atoms with Crippen LogP contribution < -0.4 is 0 Å². The van der Waals surface area contributed by atoms with Crippen LogP contribution in [0.3, 0.4) is 0 Å². The molecule has 56 valence electrons. The van der Waals surface area contributed by atoms with E-state index in [2.05, 4.69) is 0 Å². The van der Waals surface area contributed by atoms with E-state index in [1.165, 1.54) is 0 Å². The Balaban J connectivity index is 2.82. The minimum atomic E-state index is -0.972. The first-order valence-electron chi connectivity index (χ1n) is 3.11. The van der Waals surface area contributed by atoms with Crippen molar-refractivity contribution in [2.75, 3.05) is 6.67 Å². The Kier molecular flexibility index (Phi) is 2.06. The van der Waals surface area contributed by atoms with Crippen LogP contribution in [0.2, 0.25) is 0 Å². The van der Waals surface area contributed by atoms with Crippen LogP contribution in [0.1, 0.15) is 11.8 Å². The van der Waals surface area contributed by atoms with E-state index in [4.69, 9.17) is 5.11 Å². The van der Waals surface area contributed by atoms with Crippen LogP contribution in [0.15, 0.2) is 18.3 Å². The Morgan fingerprint density at radius 1 is 1.80 bits per heavy atom. The van der Waals surface area contributed by atoms with Gasteiger partial charge in [0, 0.05) is 18.9 Å². The van der Waals surface area contributed by atoms with E-state index < -0.39 is 12.8 Å². The fourth-order valence-electron chi connectivity index (χ4n) is 0.900. The molecule has 0 spiro atoms. The normalized spacial score (nSPS) is 13.5. The molecule has 1 unspecified atom stereocenters. The predicted molar refractivity (Wildman–Crippen MR) is 36.3 cm³/mol. The highest BCUT2D eigenvalue weighted by atomic mass is 19.1. The highest BCUT2D eigenvalue weighted by molar-refractivity contribution is 5.09. The van der Waals surface area contributed by atoms with Crippen molar-refractivity contribution in [3.8, 4) is 0 Å². The summed E-state index contributed by atoms with van der Waals surface area (Å²) in [5, 5.41) is 9.00. The van der Waals surface area contributed by atoms with Crippen molar-refractivity contribution in [1.29, 1.82) is 0 Å². The van der Waals surface area contributed by atoms with E-state index in [1.807, 2.05) is 0 Å². The molecule has 1 heterocycles. The second-order valence-electron chi connectivity index (χ2n) is 2.21. The molecular formula is C7H10FNO. The maximum atomic E-state index is 11.9. The van der Waals surface area contributed by atoms with Gasteiger partial charge in [-0.05, 0) is 12.1 Å². The second kappa shape index (κ2) is 2.84. The van der Waals surface area contributed by atoms with E-state index in [-0.39, 0.29) is 0 Å². The molecule has 0 saturated heterocycles. The van der Waals surface area contributed by atoms with Crippen LogP contribution in [-0.4, -0.2) is 16.3 Å². The molecule has 0 amide bonds. The van der Waals surface area contributed by atoms with Gasteiger partial charge in [-0.3, -0.25) is 0 Å². The molecule has 0 aliphatic carbocycles. The minimum absolute atomic E-state index is 0.613. The Bertz CT molecular complexity index is 209. The fraction of sp³-hybridized carbons (Fsp3) is 0.429. The summed E-state index contributed by atoms with van der Waals surface area (Å²) in [6.45, 7) is -0.724. The summed E-state index contributed by atoms with van der Waals surface area (Å²) in [6, 6.07) is 3.47. The van der Waals surface area contributed by atoms with Gasteiger partial charge < -0.3 is 9.67 Å². The Hall–Kier alpha value is -0.830. The van der Waals surface area contributed by atoms with Crippen LogP contribution >= 0.6 is 0 Å². The number of nitrogens with zero attached hydrogens (tertiary/aromatic N) is 1. The molecule has 0 radical (unpaired) electrons. The SMILES string of the molecule is Cn1cccc1C(O)CF. The molecule has 0 saturated carbocycles. The zero-order valence-corrected chi connectivity index (χ0v) is 5.79. The summed E-state index contributed by atoms with van der Waals surface area (Å²) < 4.78 is 13.6. The predicted octanol–water partition coefficient (Wildman–Crippen LogP) is 1.03. The van der Waals surface area contributed by atoms with Crippen molar-refractivity contribution in [2.45, 2.75) is 6.10 Å². The summed E-state index contributed by atoms with van der Waals surface area (Å²) in [5.41, 5.74) is 0.613. The lowest BCUT2D eigenvalue weighted by molar-refractivity contribution is 0.134. The van der Waals surface area contributed by atoms with Gasteiger partial charge in [0.2, 0.25) is 0 Å². The topological polar surface area (TPSA) is 25.2 Å². The number of rotatable bonds is 2.